The quantitative estimate of drug-likeness (QED) is 0.829. The van der Waals surface area contributed by atoms with E-state index < -0.39 is 0 Å². The Morgan fingerprint density at radius 2 is 2.10 bits per heavy atom. The molecule has 0 aliphatic heterocycles. The van der Waals surface area contributed by atoms with E-state index in [2.05, 4.69) is 24.9 Å². The fourth-order valence-corrected chi connectivity index (χ4v) is 2.36. The van der Waals surface area contributed by atoms with Crippen molar-refractivity contribution in [3.63, 3.8) is 0 Å². The molecule has 1 aromatic carbocycles. The summed E-state index contributed by atoms with van der Waals surface area (Å²) in [6.45, 7) is 6.76. The van der Waals surface area contributed by atoms with Crippen LogP contribution >= 0.6 is 0 Å². The molecule has 1 amide bonds. The van der Waals surface area contributed by atoms with Crippen molar-refractivity contribution in [2.45, 2.75) is 33.2 Å². The van der Waals surface area contributed by atoms with Gasteiger partial charge in [-0.15, -0.1) is 0 Å². The van der Waals surface area contributed by atoms with Gasteiger partial charge in [0.15, 0.2) is 0 Å². The molecule has 3 heteroatoms. The number of carbonyl (C=O) groups is 1. The standard InChI is InChI=1S/C17H22N2O/c1-4-5-10-19(13(2)3)17(20)11-14-12-18-16-9-7-6-8-15(14)16/h4-9,12-13,18H,10-11H2,1-3H3. The molecule has 20 heavy (non-hydrogen) atoms. The van der Waals surface area contributed by atoms with E-state index in [9.17, 15) is 4.79 Å². The molecule has 0 saturated heterocycles. The van der Waals surface area contributed by atoms with Crippen LogP contribution in [0.3, 0.4) is 0 Å². The Labute approximate surface area is 120 Å². The van der Waals surface area contributed by atoms with Crippen LogP contribution in [-0.2, 0) is 11.2 Å². The van der Waals surface area contributed by atoms with Gasteiger partial charge in [-0.1, -0.05) is 30.4 Å². The van der Waals surface area contributed by atoms with Gasteiger partial charge in [0.05, 0.1) is 6.42 Å². The number of aromatic nitrogens is 1. The molecule has 0 spiro atoms. The number of benzene rings is 1. The highest BCUT2D eigenvalue weighted by Gasteiger charge is 2.17. The van der Waals surface area contributed by atoms with E-state index in [0.29, 0.717) is 13.0 Å². The molecule has 0 radical (unpaired) electrons. The second kappa shape index (κ2) is 6.42. The van der Waals surface area contributed by atoms with Crippen molar-refractivity contribution in [1.82, 2.24) is 9.88 Å². The number of rotatable bonds is 5. The number of H-pyrrole nitrogens is 1. The Balaban J connectivity index is 2.17. The van der Waals surface area contributed by atoms with Crippen LogP contribution < -0.4 is 0 Å². The summed E-state index contributed by atoms with van der Waals surface area (Å²) in [6, 6.07) is 8.30. The first kappa shape index (κ1) is 14.4. The van der Waals surface area contributed by atoms with Crippen LogP contribution in [0.4, 0.5) is 0 Å². The van der Waals surface area contributed by atoms with Crippen molar-refractivity contribution in [2.24, 2.45) is 0 Å². The SMILES string of the molecule is CC=CCN(C(=O)Cc1c[nH]c2ccccc12)C(C)C. The normalized spacial score (nSPS) is 11.6. The highest BCUT2D eigenvalue weighted by Crippen LogP contribution is 2.19. The third-order valence-electron chi connectivity index (χ3n) is 3.50. The maximum atomic E-state index is 12.5. The molecular weight excluding hydrogens is 248 g/mol. The van der Waals surface area contributed by atoms with Gasteiger partial charge in [-0.05, 0) is 32.4 Å². The average Bonchev–Trinajstić information content (AvgIpc) is 2.82. The van der Waals surface area contributed by atoms with Crippen molar-refractivity contribution in [3.05, 3.63) is 48.2 Å². The number of carbonyl (C=O) groups excluding carboxylic acids is 1. The van der Waals surface area contributed by atoms with Gasteiger partial charge in [0.2, 0.25) is 5.91 Å². The lowest BCUT2D eigenvalue weighted by Gasteiger charge is -2.25. The fraction of sp³-hybridized carbons (Fsp3) is 0.353. The number of para-hydroxylation sites is 1. The molecule has 2 aromatic rings. The first-order valence-electron chi connectivity index (χ1n) is 7.09. The van der Waals surface area contributed by atoms with Crippen LogP contribution in [0.1, 0.15) is 26.3 Å². The summed E-state index contributed by atoms with van der Waals surface area (Å²) in [5, 5.41) is 1.13. The minimum atomic E-state index is 0.169. The summed E-state index contributed by atoms with van der Waals surface area (Å²) >= 11 is 0. The van der Waals surface area contributed by atoms with E-state index in [1.165, 1.54) is 0 Å². The third kappa shape index (κ3) is 3.10. The van der Waals surface area contributed by atoms with Crippen molar-refractivity contribution < 1.29 is 4.79 Å². The molecule has 0 fully saturated rings. The summed E-state index contributed by atoms with van der Waals surface area (Å²) in [5.41, 5.74) is 2.15. The number of fused-ring (bicyclic) bond motifs is 1. The molecule has 0 bridgehead atoms. The highest BCUT2D eigenvalue weighted by molar-refractivity contribution is 5.89. The van der Waals surface area contributed by atoms with Gasteiger partial charge in [0.1, 0.15) is 0 Å². The molecule has 3 nitrogen and oxygen atoms in total. The molecule has 0 aliphatic rings. The number of nitrogens with one attached hydrogen (secondary N) is 1. The van der Waals surface area contributed by atoms with Gasteiger partial charge in [-0.3, -0.25) is 4.79 Å². The van der Waals surface area contributed by atoms with Crippen LogP contribution in [0.25, 0.3) is 10.9 Å². The zero-order chi connectivity index (χ0) is 14.5. The lowest BCUT2D eigenvalue weighted by molar-refractivity contribution is -0.131. The van der Waals surface area contributed by atoms with Crippen molar-refractivity contribution in [2.75, 3.05) is 6.54 Å². The monoisotopic (exact) mass is 270 g/mol. The molecule has 1 heterocycles. The largest absolute Gasteiger partial charge is 0.361 e. The lowest BCUT2D eigenvalue weighted by atomic mass is 10.1. The predicted molar refractivity (Wildman–Crippen MR) is 83.7 cm³/mol. The Kier molecular flexibility index (Phi) is 4.61. The summed E-state index contributed by atoms with van der Waals surface area (Å²) in [7, 11) is 0. The zero-order valence-corrected chi connectivity index (χ0v) is 12.4. The Morgan fingerprint density at radius 3 is 2.80 bits per heavy atom. The molecule has 0 atom stereocenters. The minimum absolute atomic E-state index is 0.169. The zero-order valence-electron chi connectivity index (χ0n) is 12.4. The Morgan fingerprint density at radius 1 is 1.35 bits per heavy atom. The van der Waals surface area contributed by atoms with Gasteiger partial charge in [-0.2, -0.15) is 0 Å². The van der Waals surface area contributed by atoms with Crippen LogP contribution in [0.2, 0.25) is 0 Å². The number of aromatic amines is 1. The molecule has 0 saturated carbocycles. The smallest absolute Gasteiger partial charge is 0.227 e. The van der Waals surface area contributed by atoms with Gasteiger partial charge in [0.25, 0.3) is 0 Å². The first-order valence-corrected chi connectivity index (χ1v) is 7.09. The van der Waals surface area contributed by atoms with E-state index in [1.807, 2.05) is 48.4 Å². The number of hydrogen-bond donors (Lipinski definition) is 1. The summed E-state index contributed by atoms with van der Waals surface area (Å²) in [5.74, 6) is 0.169. The molecule has 0 unspecified atom stereocenters. The maximum absolute atomic E-state index is 12.5. The molecule has 2 rings (SSSR count). The molecule has 1 N–H and O–H groups in total. The van der Waals surface area contributed by atoms with E-state index >= 15 is 0 Å². The highest BCUT2D eigenvalue weighted by atomic mass is 16.2. The number of nitrogens with zero attached hydrogens (tertiary/aromatic N) is 1. The van der Waals surface area contributed by atoms with E-state index in [0.717, 1.165) is 16.5 Å². The average molecular weight is 270 g/mol. The number of hydrogen-bond acceptors (Lipinski definition) is 1. The summed E-state index contributed by atoms with van der Waals surface area (Å²) < 4.78 is 0. The van der Waals surface area contributed by atoms with Crippen LogP contribution in [0, 0.1) is 0 Å². The van der Waals surface area contributed by atoms with Crippen molar-refractivity contribution >= 4 is 16.8 Å². The molecular formula is C17H22N2O. The number of allylic oxidation sites excluding steroid dienone is 1. The topological polar surface area (TPSA) is 36.1 Å². The maximum Gasteiger partial charge on any atom is 0.227 e. The summed E-state index contributed by atoms with van der Waals surface area (Å²) in [4.78, 5) is 17.6. The van der Waals surface area contributed by atoms with E-state index in [1.54, 1.807) is 0 Å². The molecule has 0 aliphatic carbocycles. The van der Waals surface area contributed by atoms with E-state index in [-0.39, 0.29) is 11.9 Å². The Hall–Kier alpha value is -2.03. The van der Waals surface area contributed by atoms with Gasteiger partial charge in [-0.25, -0.2) is 0 Å². The van der Waals surface area contributed by atoms with E-state index in [4.69, 9.17) is 0 Å². The Bertz CT molecular complexity index is 610. The second-order valence-corrected chi connectivity index (χ2v) is 5.25. The van der Waals surface area contributed by atoms with Crippen LogP contribution in [-0.4, -0.2) is 28.4 Å². The lowest BCUT2D eigenvalue weighted by Crippen LogP contribution is -2.38. The van der Waals surface area contributed by atoms with Gasteiger partial charge in [0, 0.05) is 29.7 Å². The van der Waals surface area contributed by atoms with Crippen LogP contribution in [0.15, 0.2) is 42.6 Å². The van der Waals surface area contributed by atoms with Crippen LogP contribution in [0.5, 0.6) is 0 Å². The molecule has 1 aromatic heterocycles. The van der Waals surface area contributed by atoms with Crippen molar-refractivity contribution in [1.29, 1.82) is 0 Å². The van der Waals surface area contributed by atoms with Crippen molar-refractivity contribution in [3.8, 4) is 0 Å². The fourth-order valence-electron chi connectivity index (χ4n) is 2.36. The van der Waals surface area contributed by atoms with Gasteiger partial charge >= 0.3 is 0 Å². The minimum Gasteiger partial charge on any atom is -0.361 e. The summed E-state index contributed by atoms with van der Waals surface area (Å²) in [6.07, 6.45) is 6.39. The van der Waals surface area contributed by atoms with Gasteiger partial charge < -0.3 is 9.88 Å². The predicted octanol–water partition coefficient (Wildman–Crippen LogP) is 3.52. The number of amides is 1. The third-order valence-corrected chi connectivity index (χ3v) is 3.50. The second-order valence-electron chi connectivity index (χ2n) is 5.25. The molecule has 106 valence electrons. The first-order chi connectivity index (χ1) is 9.63.